The Balaban J connectivity index is 1.79. The van der Waals surface area contributed by atoms with Gasteiger partial charge in [0, 0.05) is 19.1 Å². The van der Waals surface area contributed by atoms with Crippen LogP contribution in [0.1, 0.15) is 33.6 Å². The van der Waals surface area contributed by atoms with Crippen molar-refractivity contribution in [1.29, 1.82) is 0 Å². The van der Waals surface area contributed by atoms with Crippen molar-refractivity contribution in [2.24, 2.45) is 11.8 Å². The molecule has 0 aromatic rings. The highest BCUT2D eigenvalue weighted by Gasteiger charge is 2.31. The van der Waals surface area contributed by atoms with Gasteiger partial charge in [0.05, 0.1) is 0 Å². The molecular formula is C11H24N2. The second-order valence-corrected chi connectivity index (χ2v) is 4.44. The molecule has 0 heterocycles. The molecule has 1 saturated carbocycles. The summed E-state index contributed by atoms with van der Waals surface area (Å²) in [6.07, 6.45) is 2.66. The minimum atomic E-state index is 0.668. The van der Waals surface area contributed by atoms with Crippen LogP contribution in [0.4, 0.5) is 0 Å². The van der Waals surface area contributed by atoms with Gasteiger partial charge in [0.1, 0.15) is 0 Å². The van der Waals surface area contributed by atoms with Gasteiger partial charge in [-0.2, -0.15) is 0 Å². The third-order valence-corrected chi connectivity index (χ3v) is 3.09. The highest BCUT2D eigenvalue weighted by molar-refractivity contribution is 4.83. The van der Waals surface area contributed by atoms with E-state index in [1.807, 2.05) is 0 Å². The molecule has 0 aromatic heterocycles. The molecule has 1 aliphatic carbocycles. The molecule has 1 rings (SSSR count). The van der Waals surface area contributed by atoms with Crippen molar-refractivity contribution in [2.75, 3.05) is 19.6 Å². The lowest BCUT2D eigenvalue weighted by atomic mass is 10.2. The van der Waals surface area contributed by atoms with Crippen LogP contribution in [0.3, 0.4) is 0 Å². The van der Waals surface area contributed by atoms with E-state index >= 15 is 0 Å². The molecule has 1 aliphatic rings. The molecule has 2 nitrogen and oxygen atoms in total. The molecule has 0 amide bonds. The average Bonchev–Trinajstić information content (AvgIpc) is 2.81. The minimum Gasteiger partial charge on any atom is -0.315 e. The van der Waals surface area contributed by atoms with Crippen molar-refractivity contribution in [3.8, 4) is 0 Å². The molecule has 0 spiro atoms. The maximum Gasteiger partial charge on any atom is 0.00792 e. The Labute approximate surface area is 82.5 Å². The zero-order chi connectivity index (χ0) is 9.68. The third kappa shape index (κ3) is 4.63. The lowest BCUT2D eigenvalue weighted by molar-refractivity contribution is 0.509. The Morgan fingerprint density at radius 2 is 2.08 bits per heavy atom. The summed E-state index contributed by atoms with van der Waals surface area (Å²) in [5, 5.41) is 6.97. The standard InChI is InChI=1S/C11H24N2/c1-4-10(3)13-6-5-12-8-11-7-9(11)2/h9-13H,4-8H2,1-3H3. The van der Waals surface area contributed by atoms with E-state index in [0.717, 1.165) is 24.9 Å². The van der Waals surface area contributed by atoms with Crippen molar-refractivity contribution >= 4 is 0 Å². The summed E-state index contributed by atoms with van der Waals surface area (Å²) in [6.45, 7) is 10.2. The van der Waals surface area contributed by atoms with Crippen LogP contribution in [-0.2, 0) is 0 Å². The number of nitrogens with one attached hydrogen (secondary N) is 2. The van der Waals surface area contributed by atoms with Gasteiger partial charge in [0.2, 0.25) is 0 Å². The molecule has 0 aliphatic heterocycles. The van der Waals surface area contributed by atoms with Crippen molar-refractivity contribution in [1.82, 2.24) is 10.6 Å². The summed E-state index contributed by atoms with van der Waals surface area (Å²) < 4.78 is 0. The number of rotatable bonds is 7. The summed E-state index contributed by atoms with van der Waals surface area (Å²) in [5.41, 5.74) is 0. The zero-order valence-corrected chi connectivity index (χ0v) is 9.27. The van der Waals surface area contributed by atoms with Crippen molar-refractivity contribution in [3.05, 3.63) is 0 Å². The zero-order valence-electron chi connectivity index (χ0n) is 9.27. The first-order chi connectivity index (χ1) is 6.24. The fourth-order valence-electron chi connectivity index (χ4n) is 1.52. The molecule has 3 unspecified atom stereocenters. The normalized spacial score (nSPS) is 28.8. The molecule has 2 N–H and O–H groups in total. The minimum absolute atomic E-state index is 0.668. The van der Waals surface area contributed by atoms with Gasteiger partial charge in [-0.15, -0.1) is 0 Å². The molecule has 2 heteroatoms. The second kappa shape index (κ2) is 5.61. The van der Waals surface area contributed by atoms with Crippen molar-refractivity contribution in [3.63, 3.8) is 0 Å². The van der Waals surface area contributed by atoms with E-state index in [-0.39, 0.29) is 0 Å². The summed E-state index contributed by atoms with van der Waals surface area (Å²) in [6, 6.07) is 0.668. The van der Waals surface area contributed by atoms with E-state index in [1.54, 1.807) is 0 Å². The Bertz CT molecular complexity index is 130. The Morgan fingerprint density at radius 3 is 2.62 bits per heavy atom. The molecular weight excluding hydrogens is 160 g/mol. The van der Waals surface area contributed by atoms with Crippen LogP contribution in [0.25, 0.3) is 0 Å². The number of hydrogen-bond donors (Lipinski definition) is 2. The lowest BCUT2D eigenvalue weighted by Gasteiger charge is -2.11. The van der Waals surface area contributed by atoms with Gasteiger partial charge in [-0.25, -0.2) is 0 Å². The largest absolute Gasteiger partial charge is 0.315 e. The summed E-state index contributed by atoms with van der Waals surface area (Å²) in [5.74, 6) is 1.96. The summed E-state index contributed by atoms with van der Waals surface area (Å²) in [4.78, 5) is 0. The lowest BCUT2D eigenvalue weighted by Crippen LogP contribution is -2.33. The quantitative estimate of drug-likeness (QED) is 0.588. The smallest absolute Gasteiger partial charge is 0.00792 e. The molecule has 13 heavy (non-hydrogen) atoms. The molecule has 0 radical (unpaired) electrons. The first kappa shape index (κ1) is 11.0. The van der Waals surface area contributed by atoms with Crippen LogP contribution in [0, 0.1) is 11.8 Å². The SMILES string of the molecule is CCC(C)NCCNCC1CC1C. The van der Waals surface area contributed by atoms with E-state index in [4.69, 9.17) is 0 Å². The van der Waals surface area contributed by atoms with E-state index < -0.39 is 0 Å². The van der Waals surface area contributed by atoms with Crippen molar-refractivity contribution < 1.29 is 0 Å². The van der Waals surface area contributed by atoms with Gasteiger partial charge in [0.25, 0.3) is 0 Å². The monoisotopic (exact) mass is 184 g/mol. The van der Waals surface area contributed by atoms with Gasteiger partial charge >= 0.3 is 0 Å². The van der Waals surface area contributed by atoms with Gasteiger partial charge in [0.15, 0.2) is 0 Å². The van der Waals surface area contributed by atoms with Crippen LogP contribution in [0.5, 0.6) is 0 Å². The first-order valence-electron chi connectivity index (χ1n) is 5.68. The average molecular weight is 184 g/mol. The van der Waals surface area contributed by atoms with E-state index in [0.29, 0.717) is 6.04 Å². The van der Waals surface area contributed by atoms with Crippen LogP contribution >= 0.6 is 0 Å². The second-order valence-electron chi connectivity index (χ2n) is 4.44. The van der Waals surface area contributed by atoms with Crippen LogP contribution in [-0.4, -0.2) is 25.7 Å². The highest BCUT2D eigenvalue weighted by Crippen LogP contribution is 2.36. The van der Waals surface area contributed by atoms with Crippen LogP contribution in [0.15, 0.2) is 0 Å². The van der Waals surface area contributed by atoms with Gasteiger partial charge in [-0.1, -0.05) is 13.8 Å². The predicted octanol–water partition coefficient (Wildman–Crippen LogP) is 1.62. The maximum atomic E-state index is 3.49. The summed E-state index contributed by atoms with van der Waals surface area (Å²) >= 11 is 0. The van der Waals surface area contributed by atoms with Gasteiger partial charge in [-0.05, 0) is 38.1 Å². The number of hydrogen-bond acceptors (Lipinski definition) is 2. The Morgan fingerprint density at radius 1 is 1.38 bits per heavy atom. The first-order valence-corrected chi connectivity index (χ1v) is 5.68. The van der Waals surface area contributed by atoms with E-state index in [1.165, 1.54) is 19.4 Å². The highest BCUT2D eigenvalue weighted by atomic mass is 15.0. The topological polar surface area (TPSA) is 24.1 Å². The Hall–Kier alpha value is -0.0800. The van der Waals surface area contributed by atoms with E-state index in [9.17, 15) is 0 Å². The molecule has 3 atom stereocenters. The van der Waals surface area contributed by atoms with Gasteiger partial charge < -0.3 is 10.6 Å². The van der Waals surface area contributed by atoms with Crippen LogP contribution in [0.2, 0.25) is 0 Å². The fraction of sp³-hybridized carbons (Fsp3) is 1.00. The summed E-state index contributed by atoms with van der Waals surface area (Å²) in [7, 11) is 0. The molecule has 0 bridgehead atoms. The van der Waals surface area contributed by atoms with Crippen molar-refractivity contribution in [2.45, 2.75) is 39.7 Å². The van der Waals surface area contributed by atoms with E-state index in [2.05, 4.69) is 31.4 Å². The fourth-order valence-corrected chi connectivity index (χ4v) is 1.52. The molecule has 0 saturated heterocycles. The Kier molecular flexibility index (Phi) is 4.74. The maximum absolute atomic E-state index is 3.49. The molecule has 78 valence electrons. The van der Waals surface area contributed by atoms with Gasteiger partial charge in [-0.3, -0.25) is 0 Å². The predicted molar refractivity (Wildman–Crippen MR) is 57.9 cm³/mol. The third-order valence-electron chi connectivity index (χ3n) is 3.09. The van der Waals surface area contributed by atoms with Crippen LogP contribution < -0.4 is 10.6 Å². The molecule has 0 aromatic carbocycles. The molecule has 1 fully saturated rings.